The molecule has 2 aromatic heterocycles. The van der Waals surface area contributed by atoms with E-state index in [1.165, 1.54) is 6.20 Å². The van der Waals surface area contributed by atoms with Gasteiger partial charge in [0.1, 0.15) is 0 Å². The average Bonchev–Trinajstić information content (AvgIpc) is 2.77. The van der Waals surface area contributed by atoms with E-state index < -0.39 is 5.60 Å². The first-order chi connectivity index (χ1) is 8.93. The molecular weight excluding hydrogens is 246 g/mol. The summed E-state index contributed by atoms with van der Waals surface area (Å²) < 4.78 is 4.98. The van der Waals surface area contributed by atoms with Gasteiger partial charge in [-0.1, -0.05) is 12.1 Å². The number of hydrogen-bond acceptors (Lipinski definition) is 5. The number of carbonyl (C=O) groups is 1. The molecule has 0 fully saturated rings. The minimum absolute atomic E-state index is 0.197. The number of aryl methyl sites for hydroxylation is 1. The van der Waals surface area contributed by atoms with Gasteiger partial charge in [-0.3, -0.25) is 4.79 Å². The van der Waals surface area contributed by atoms with Crippen LogP contribution in [0.5, 0.6) is 0 Å². The molecule has 0 radical (unpaired) electrons. The Morgan fingerprint density at radius 3 is 3.00 bits per heavy atom. The third-order valence-electron chi connectivity index (χ3n) is 3.16. The van der Waals surface area contributed by atoms with Crippen molar-refractivity contribution in [2.75, 3.05) is 6.54 Å². The lowest BCUT2D eigenvalue weighted by molar-refractivity contribution is 0.0518. The molecule has 2 N–H and O–H groups in total. The summed E-state index contributed by atoms with van der Waals surface area (Å²) >= 11 is 0. The molecule has 0 aliphatic heterocycles. The van der Waals surface area contributed by atoms with Crippen LogP contribution >= 0.6 is 0 Å². The fraction of sp³-hybridized carbons (Fsp3) is 0.462. The van der Waals surface area contributed by atoms with Crippen molar-refractivity contribution in [2.45, 2.75) is 32.8 Å². The lowest BCUT2D eigenvalue weighted by atomic mass is 10.0. The van der Waals surface area contributed by atoms with Crippen LogP contribution in [0.3, 0.4) is 0 Å². The fourth-order valence-corrected chi connectivity index (χ4v) is 1.57. The van der Waals surface area contributed by atoms with Crippen molar-refractivity contribution in [2.24, 2.45) is 0 Å². The van der Waals surface area contributed by atoms with Gasteiger partial charge in [-0.25, -0.2) is 4.98 Å². The number of fused-ring (bicyclic) bond motifs is 1. The number of pyridine rings is 1. The van der Waals surface area contributed by atoms with Crippen LogP contribution in [0, 0.1) is 6.92 Å². The maximum atomic E-state index is 12.0. The molecule has 19 heavy (non-hydrogen) atoms. The zero-order valence-electron chi connectivity index (χ0n) is 11.2. The molecule has 1 amide bonds. The molecule has 2 aromatic rings. The largest absolute Gasteiger partial charge is 0.388 e. The van der Waals surface area contributed by atoms with E-state index in [0.717, 1.165) is 5.39 Å². The molecule has 6 nitrogen and oxygen atoms in total. The molecule has 2 rings (SSSR count). The quantitative estimate of drug-likeness (QED) is 0.871. The van der Waals surface area contributed by atoms with Crippen LogP contribution < -0.4 is 5.32 Å². The van der Waals surface area contributed by atoms with Gasteiger partial charge in [0.2, 0.25) is 0 Å². The van der Waals surface area contributed by atoms with Gasteiger partial charge in [-0.15, -0.1) is 0 Å². The summed E-state index contributed by atoms with van der Waals surface area (Å²) in [5.41, 5.74) is 0.623. The maximum Gasteiger partial charge on any atom is 0.257 e. The van der Waals surface area contributed by atoms with Crippen molar-refractivity contribution < 1.29 is 14.4 Å². The smallest absolute Gasteiger partial charge is 0.257 e. The molecule has 0 spiro atoms. The van der Waals surface area contributed by atoms with Gasteiger partial charge >= 0.3 is 0 Å². The zero-order chi connectivity index (χ0) is 14.0. The number of aromatic nitrogens is 2. The Morgan fingerprint density at radius 2 is 2.32 bits per heavy atom. The summed E-state index contributed by atoms with van der Waals surface area (Å²) in [7, 11) is 0. The monoisotopic (exact) mass is 263 g/mol. The third kappa shape index (κ3) is 2.90. The van der Waals surface area contributed by atoms with E-state index in [1.807, 2.05) is 6.92 Å². The molecule has 6 heteroatoms. The summed E-state index contributed by atoms with van der Waals surface area (Å²) in [5.74, 6) is -0.274. The van der Waals surface area contributed by atoms with Crippen molar-refractivity contribution in [3.8, 4) is 0 Å². The molecule has 0 saturated carbocycles. The van der Waals surface area contributed by atoms with E-state index in [9.17, 15) is 9.90 Å². The van der Waals surface area contributed by atoms with E-state index in [-0.39, 0.29) is 12.5 Å². The number of amides is 1. The summed E-state index contributed by atoms with van der Waals surface area (Å²) in [6.45, 7) is 5.53. The fourth-order valence-electron chi connectivity index (χ4n) is 1.57. The second-order valence-electron chi connectivity index (χ2n) is 4.88. The van der Waals surface area contributed by atoms with Gasteiger partial charge in [0.05, 0.1) is 22.2 Å². The average molecular weight is 263 g/mol. The topological polar surface area (TPSA) is 88.2 Å². The molecule has 2 heterocycles. The van der Waals surface area contributed by atoms with Crippen molar-refractivity contribution in [3.63, 3.8) is 0 Å². The third-order valence-corrected chi connectivity index (χ3v) is 3.16. The van der Waals surface area contributed by atoms with Crippen molar-refractivity contribution >= 4 is 17.0 Å². The predicted octanol–water partition coefficient (Wildman–Crippen LogP) is 1.42. The van der Waals surface area contributed by atoms with Gasteiger partial charge < -0.3 is 14.9 Å². The molecule has 0 aromatic carbocycles. The summed E-state index contributed by atoms with van der Waals surface area (Å²) in [5, 5.41) is 17.0. The Bertz CT molecular complexity index is 604. The van der Waals surface area contributed by atoms with Crippen molar-refractivity contribution in [1.82, 2.24) is 15.5 Å². The van der Waals surface area contributed by atoms with Crippen molar-refractivity contribution in [1.29, 1.82) is 0 Å². The Kier molecular flexibility index (Phi) is 3.53. The van der Waals surface area contributed by atoms with Crippen LogP contribution in [-0.4, -0.2) is 33.3 Å². The second kappa shape index (κ2) is 4.97. The van der Waals surface area contributed by atoms with Gasteiger partial charge in [0.25, 0.3) is 11.6 Å². The first-order valence-electron chi connectivity index (χ1n) is 6.15. The molecule has 0 aliphatic carbocycles. The molecular formula is C13H17N3O3. The van der Waals surface area contributed by atoms with Crippen LogP contribution in [0.15, 0.2) is 16.8 Å². The Morgan fingerprint density at radius 1 is 1.58 bits per heavy atom. The normalized spacial score (nSPS) is 14.3. The highest BCUT2D eigenvalue weighted by Crippen LogP contribution is 2.16. The number of carbonyl (C=O) groups excluding carboxylic acids is 1. The minimum atomic E-state index is -0.902. The van der Waals surface area contributed by atoms with Gasteiger partial charge in [0, 0.05) is 12.7 Å². The standard InChI is InChI=1S/C13H17N3O3/c1-4-13(3,18)7-15-11(17)9-5-10-8(2)16-19-12(10)14-6-9/h5-6,18H,4,7H2,1-3H3,(H,15,17). The number of nitrogens with zero attached hydrogens (tertiary/aromatic N) is 2. The molecule has 0 bridgehead atoms. The minimum Gasteiger partial charge on any atom is -0.388 e. The van der Waals surface area contributed by atoms with Crippen LogP contribution in [0.25, 0.3) is 11.1 Å². The SMILES string of the molecule is CCC(C)(O)CNC(=O)c1cnc2onc(C)c2c1. The van der Waals surface area contributed by atoms with E-state index in [0.29, 0.717) is 23.4 Å². The lowest BCUT2D eigenvalue weighted by Gasteiger charge is -2.21. The Hall–Kier alpha value is -1.95. The maximum absolute atomic E-state index is 12.0. The van der Waals surface area contributed by atoms with Gasteiger partial charge in [-0.2, -0.15) is 0 Å². The van der Waals surface area contributed by atoms with E-state index in [1.54, 1.807) is 19.9 Å². The highest BCUT2D eigenvalue weighted by molar-refractivity contribution is 5.96. The van der Waals surface area contributed by atoms with Crippen molar-refractivity contribution in [3.05, 3.63) is 23.5 Å². The van der Waals surface area contributed by atoms with Gasteiger partial charge in [-0.05, 0) is 26.3 Å². The summed E-state index contributed by atoms with van der Waals surface area (Å²) in [6, 6.07) is 1.68. The highest BCUT2D eigenvalue weighted by atomic mass is 16.5. The number of aliphatic hydroxyl groups is 1. The second-order valence-corrected chi connectivity index (χ2v) is 4.88. The molecule has 1 atom stereocenters. The zero-order valence-corrected chi connectivity index (χ0v) is 11.2. The number of hydrogen-bond donors (Lipinski definition) is 2. The van der Waals surface area contributed by atoms with Gasteiger partial charge in [0.15, 0.2) is 0 Å². The van der Waals surface area contributed by atoms with Crippen LogP contribution in [-0.2, 0) is 0 Å². The van der Waals surface area contributed by atoms with Crippen LogP contribution in [0.2, 0.25) is 0 Å². The molecule has 0 saturated heterocycles. The Balaban J connectivity index is 2.15. The predicted molar refractivity (Wildman–Crippen MR) is 69.8 cm³/mol. The molecule has 102 valence electrons. The van der Waals surface area contributed by atoms with E-state index in [2.05, 4.69) is 15.5 Å². The number of nitrogens with one attached hydrogen (secondary N) is 1. The first-order valence-corrected chi connectivity index (χ1v) is 6.15. The summed E-state index contributed by atoms with van der Waals surface area (Å²) in [6.07, 6.45) is 2.00. The van der Waals surface area contributed by atoms with E-state index >= 15 is 0 Å². The highest BCUT2D eigenvalue weighted by Gasteiger charge is 2.19. The molecule has 0 aliphatic rings. The lowest BCUT2D eigenvalue weighted by Crippen LogP contribution is -2.40. The Labute approximate surface area is 110 Å². The van der Waals surface area contributed by atoms with Crippen LogP contribution in [0.1, 0.15) is 36.3 Å². The van der Waals surface area contributed by atoms with E-state index in [4.69, 9.17) is 4.52 Å². The molecule has 1 unspecified atom stereocenters. The summed E-state index contributed by atoms with van der Waals surface area (Å²) in [4.78, 5) is 16.0. The first kappa shape index (κ1) is 13.5. The van der Waals surface area contributed by atoms with Crippen LogP contribution in [0.4, 0.5) is 0 Å². The number of rotatable bonds is 4.